The van der Waals surface area contributed by atoms with Crippen molar-refractivity contribution in [3.8, 4) is 11.3 Å². The molecule has 0 spiro atoms. The predicted octanol–water partition coefficient (Wildman–Crippen LogP) is 4.73. The van der Waals surface area contributed by atoms with Crippen molar-refractivity contribution in [2.75, 3.05) is 24.1 Å². The first-order valence-corrected chi connectivity index (χ1v) is 9.99. The summed E-state index contributed by atoms with van der Waals surface area (Å²) in [5, 5.41) is 2.82. The third-order valence-electron chi connectivity index (χ3n) is 5.28. The summed E-state index contributed by atoms with van der Waals surface area (Å²) in [6, 6.07) is 16.2. The number of hydrogen-bond acceptors (Lipinski definition) is 4. The Kier molecular flexibility index (Phi) is 5.73. The number of carbonyl (C=O) groups excluding carboxylic acids is 1. The summed E-state index contributed by atoms with van der Waals surface area (Å²) in [4.78, 5) is 23.1. The second-order valence-corrected chi connectivity index (χ2v) is 7.43. The largest absolute Gasteiger partial charge is 0.397 e. The fourth-order valence-corrected chi connectivity index (χ4v) is 3.67. The van der Waals surface area contributed by atoms with Gasteiger partial charge in [0.05, 0.1) is 23.6 Å². The molecule has 1 amide bonds. The molecule has 6 nitrogen and oxygen atoms in total. The lowest BCUT2D eigenvalue weighted by Crippen LogP contribution is -2.18. The summed E-state index contributed by atoms with van der Waals surface area (Å²) in [6.07, 6.45) is 4.32. The van der Waals surface area contributed by atoms with Crippen LogP contribution in [0.2, 0.25) is 0 Å². The lowest BCUT2D eigenvalue weighted by molar-refractivity contribution is 0.102. The van der Waals surface area contributed by atoms with E-state index in [1.807, 2.05) is 36.5 Å². The van der Waals surface area contributed by atoms with Crippen molar-refractivity contribution in [3.05, 3.63) is 83.3 Å². The first-order valence-electron chi connectivity index (χ1n) is 9.99. The normalized spacial score (nSPS) is 13.7. The summed E-state index contributed by atoms with van der Waals surface area (Å²) in [7, 11) is 0. The molecule has 0 atom stereocenters. The number of likely N-dealkylation sites (tertiary alicyclic amines) is 1. The Hall–Kier alpha value is -3.69. The van der Waals surface area contributed by atoms with E-state index >= 15 is 0 Å². The number of nitrogens with two attached hydrogens (primary N) is 1. The van der Waals surface area contributed by atoms with Crippen LogP contribution >= 0.6 is 0 Å². The number of anilines is 2. The lowest BCUT2D eigenvalue weighted by Gasteiger charge is -2.15. The minimum absolute atomic E-state index is 0.237. The van der Waals surface area contributed by atoms with Crippen LogP contribution in [-0.4, -0.2) is 28.9 Å². The number of carbonyl (C=O) groups is 1. The number of nitrogens with zero attached hydrogens (tertiary/aromatic N) is 3. The second-order valence-electron chi connectivity index (χ2n) is 7.43. The fourth-order valence-electron chi connectivity index (χ4n) is 3.67. The molecule has 2 heterocycles. The van der Waals surface area contributed by atoms with Gasteiger partial charge in [-0.3, -0.25) is 14.7 Å². The van der Waals surface area contributed by atoms with E-state index in [1.165, 1.54) is 12.8 Å². The highest BCUT2D eigenvalue weighted by Crippen LogP contribution is 2.30. The van der Waals surface area contributed by atoms with Crippen LogP contribution in [0.5, 0.6) is 0 Å². The van der Waals surface area contributed by atoms with Gasteiger partial charge >= 0.3 is 0 Å². The van der Waals surface area contributed by atoms with E-state index in [2.05, 4.69) is 20.0 Å². The molecule has 2 aromatic carbocycles. The van der Waals surface area contributed by atoms with Gasteiger partial charge < -0.3 is 11.1 Å². The Bertz CT molecular complexity index is 1100. The Balaban J connectivity index is 1.51. The van der Waals surface area contributed by atoms with Crippen molar-refractivity contribution in [3.63, 3.8) is 0 Å². The van der Waals surface area contributed by atoms with Crippen molar-refractivity contribution in [2.45, 2.75) is 19.4 Å². The molecule has 150 valence electrons. The number of aromatic nitrogens is 1. The van der Waals surface area contributed by atoms with E-state index in [9.17, 15) is 4.79 Å². The molecule has 0 saturated carbocycles. The molecule has 3 N–H and O–H groups in total. The van der Waals surface area contributed by atoms with Crippen LogP contribution in [0.15, 0.2) is 60.8 Å². The van der Waals surface area contributed by atoms with Crippen molar-refractivity contribution >= 4 is 23.0 Å². The molecule has 1 aromatic heterocycles. The number of rotatable bonds is 5. The average Bonchev–Trinajstić information content (AvgIpc) is 3.28. The average molecular weight is 397 g/mol. The molecule has 3 aromatic rings. The fraction of sp³-hybridized carbons (Fsp3) is 0.208. The first kappa shape index (κ1) is 19.6. The van der Waals surface area contributed by atoms with Crippen molar-refractivity contribution in [1.29, 1.82) is 0 Å². The number of nitrogen functional groups attached to an aromatic ring is 1. The number of amides is 1. The van der Waals surface area contributed by atoms with Crippen LogP contribution in [0.3, 0.4) is 0 Å². The van der Waals surface area contributed by atoms with Gasteiger partial charge in [0.2, 0.25) is 5.69 Å². The van der Waals surface area contributed by atoms with E-state index in [0.29, 0.717) is 28.3 Å². The van der Waals surface area contributed by atoms with Crippen LogP contribution in [0, 0.1) is 6.57 Å². The molecule has 0 bridgehead atoms. The summed E-state index contributed by atoms with van der Waals surface area (Å²) in [6.45, 7) is 10.6. The molecule has 4 rings (SSSR count). The van der Waals surface area contributed by atoms with Crippen LogP contribution in [0.4, 0.5) is 17.1 Å². The van der Waals surface area contributed by atoms with E-state index < -0.39 is 0 Å². The molecule has 6 heteroatoms. The van der Waals surface area contributed by atoms with Crippen LogP contribution in [0.25, 0.3) is 16.1 Å². The van der Waals surface area contributed by atoms with Gasteiger partial charge in [0, 0.05) is 18.3 Å². The van der Waals surface area contributed by atoms with E-state index in [4.69, 9.17) is 12.3 Å². The second kappa shape index (κ2) is 8.76. The van der Waals surface area contributed by atoms with Gasteiger partial charge in [0.1, 0.15) is 0 Å². The standard InChI is InChI=1S/C24H23N5O/c1-26-22-14-17(16-29-12-4-5-13-29)15-27-23(22)18-8-10-19(11-9-18)24(30)28-21-7-3-2-6-20(21)25/h2-3,6-11,14-15H,4-5,12-13,16,25H2,(H,28,30). The third-order valence-corrected chi connectivity index (χ3v) is 5.28. The molecule has 1 saturated heterocycles. The van der Waals surface area contributed by atoms with Gasteiger partial charge in [-0.25, -0.2) is 4.85 Å². The zero-order chi connectivity index (χ0) is 20.9. The van der Waals surface area contributed by atoms with Gasteiger partial charge in [-0.05, 0) is 67.4 Å². The van der Waals surface area contributed by atoms with Gasteiger partial charge in [-0.2, -0.15) is 0 Å². The number of nitrogens with one attached hydrogen (secondary N) is 1. The number of hydrogen-bond donors (Lipinski definition) is 2. The van der Waals surface area contributed by atoms with Gasteiger partial charge in [-0.15, -0.1) is 0 Å². The Morgan fingerprint density at radius 2 is 1.87 bits per heavy atom. The minimum atomic E-state index is -0.237. The SMILES string of the molecule is [C-]#[N+]c1cc(CN2CCCC2)cnc1-c1ccc(C(=O)Nc2ccccc2N)cc1. The van der Waals surface area contributed by atoms with E-state index in [1.54, 1.807) is 24.3 Å². The minimum Gasteiger partial charge on any atom is -0.397 e. The predicted molar refractivity (Wildman–Crippen MR) is 119 cm³/mol. The Morgan fingerprint density at radius 1 is 1.13 bits per heavy atom. The van der Waals surface area contributed by atoms with Crippen LogP contribution in [-0.2, 0) is 6.54 Å². The Labute approximate surface area is 176 Å². The molecule has 1 aliphatic rings. The number of pyridine rings is 1. The molecule has 30 heavy (non-hydrogen) atoms. The highest BCUT2D eigenvalue weighted by atomic mass is 16.1. The van der Waals surface area contributed by atoms with Crippen molar-refractivity contribution in [2.24, 2.45) is 0 Å². The van der Waals surface area contributed by atoms with E-state index in [0.717, 1.165) is 30.8 Å². The van der Waals surface area contributed by atoms with Gasteiger partial charge in [-0.1, -0.05) is 24.3 Å². The quantitative estimate of drug-likeness (QED) is 0.482. The maximum absolute atomic E-state index is 12.5. The molecule has 0 aliphatic carbocycles. The molecule has 0 radical (unpaired) electrons. The monoisotopic (exact) mass is 397 g/mol. The first-order chi connectivity index (χ1) is 14.6. The van der Waals surface area contributed by atoms with Crippen LogP contribution in [0.1, 0.15) is 28.8 Å². The third kappa shape index (κ3) is 4.32. The molecule has 1 fully saturated rings. The number of benzene rings is 2. The van der Waals surface area contributed by atoms with Crippen LogP contribution < -0.4 is 11.1 Å². The van der Waals surface area contributed by atoms with Gasteiger partial charge in [0.15, 0.2) is 0 Å². The summed E-state index contributed by atoms with van der Waals surface area (Å²) >= 11 is 0. The zero-order valence-electron chi connectivity index (χ0n) is 16.6. The zero-order valence-corrected chi connectivity index (χ0v) is 16.6. The highest BCUT2D eigenvalue weighted by Gasteiger charge is 2.15. The highest BCUT2D eigenvalue weighted by molar-refractivity contribution is 6.06. The topological polar surface area (TPSA) is 75.6 Å². The van der Waals surface area contributed by atoms with Crippen molar-refractivity contribution in [1.82, 2.24) is 9.88 Å². The number of para-hydroxylation sites is 2. The maximum Gasteiger partial charge on any atom is 0.255 e. The van der Waals surface area contributed by atoms with E-state index in [-0.39, 0.29) is 5.91 Å². The molecule has 0 unspecified atom stereocenters. The molecular formula is C24H23N5O. The summed E-state index contributed by atoms with van der Waals surface area (Å²) < 4.78 is 0. The summed E-state index contributed by atoms with van der Waals surface area (Å²) in [5.74, 6) is -0.237. The Morgan fingerprint density at radius 3 is 2.57 bits per heavy atom. The van der Waals surface area contributed by atoms with Crippen molar-refractivity contribution < 1.29 is 4.79 Å². The maximum atomic E-state index is 12.5. The summed E-state index contributed by atoms with van der Waals surface area (Å²) in [5.41, 5.74) is 10.5. The smallest absolute Gasteiger partial charge is 0.255 e. The lowest BCUT2D eigenvalue weighted by atomic mass is 10.1. The molecular weight excluding hydrogens is 374 g/mol. The van der Waals surface area contributed by atoms with Gasteiger partial charge in [0.25, 0.3) is 5.91 Å². The molecule has 1 aliphatic heterocycles.